The summed E-state index contributed by atoms with van der Waals surface area (Å²) in [6, 6.07) is 0. The van der Waals surface area contributed by atoms with Crippen LogP contribution in [0, 0.1) is 0 Å². The Bertz CT molecular complexity index is 600. The Morgan fingerprint density at radius 2 is 0.943 bits per heavy atom. The Balaban J connectivity index is -0.000000218. The normalized spacial score (nSPS) is 8.97. The van der Waals surface area contributed by atoms with Crippen LogP contribution < -0.4 is 31.9 Å². The van der Waals surface area contributed by atoms with Gasteiger partial charge in [-0.3, -0.25) is 24.0 Å². The number of hydrogen-bond acceptors (Lipinski definition) is 10. The number of rotatable bonds is 7. The van der Waals surface area contributed by atoms with Crippen LogP contribution in [0.4, 0.5) is 4.79 Å². The second-order valence-electron chi connectivity index (χ2n) is 7.04. The largest absolute Gasteiger partial charge is 0.444 e. The van der Waals surface area contributed by atoms with E-state index in [9.17, 15) is 28.8 Å². The van der Waals surface area contributed by atoms with E-state index >= 15 is 0 Å². The third-order valence-corrected chi connectivity index (χ3v) is 2.40. The van der Waals surface area contributed by atoms with Crippen LogP contribution in [-0.2, 0) is 28.7 Å². The molecule has 0 saturated heterocycles. The average Bonchev–Trinajstić information content (AvgIpc) is 2.66. The first-order valence-corrected chi connectivity index (χ1v) is 10.1. The Hall–Kier alpha value is -3.50. The zero-order valence-corrected chi connectivity index (χ0v) is 21.2. The van der Waals surface area contributed by atoms with Crippen molar-refractivity contribution in [1.82, 2.24) is 31.9 Å². The van der Waals surface area contributed by atoms with E-state index in [2.05, 4.69) is 31.9 Å². The highest BCUT2D eigenvalue weighted by Crippen LogP contribution is 2.05. The minimum Gasteiger partial charge on any atom is -0.444 e. The lowest BCUT2D eigenvalue weighted by molar-refractivity contribution is -0.122. The Morgan fingerprint density at radius 1 is 0.600 bits per heavy atom. The third kappa shape index (κ3) is 53.6. The number of carbonyl (C=O) groups is 6. The predicted octanol–water partition coefficient (Wildman–Crippen LogP) is -3.06. The topological polar surface area (TPSA) is 245 Å². The van der Waals surface area contributed by atoms with Crippen molar-refractivity contribution in [3.8, 4) is 0 Å². The van der Waals surface area contributed by atoms with Crippen LogP contribution in [0.15, 0.2) is 0 Å². The van der Waals surface area contributed by atoms with Gasteiger partial charge in [0.2, 0.25) is 29.5 Å². The molecule has 9 N–H and O–H groups in total. The van der Waals surface area contributed by atoms with Crippen LogP contribution in [0.25, 0.3) is 0 Å². The number of ether oxygens (including phenoxy) is 1. The summed E-state index contributed by atoms with van der Waals surface area (Å²) >= 11 is 0. The quantitative estimate of drug-likeness (QED) is 0.156. The maximum absolute atomic E-state index is 11.2. The zero-order chi connectivity index (χ0) is 28.4. The highest BCUT2D eigenvalue weighted by molar-refractivity contribution is 5.82. The molecule has 0 bridgehead atoms. The van der Waals surface area contributed by atoms with Gasteiger partial charge in [0.1, 0.15) is 32.3 Å². The molecule has 16 heteroatoms. The van der Waals surface area contributed by atoms with Crippen LogP contribution in [0.5, 0.6) is 0 Å². The minimum absolute atomic E-state index is 0.0319. The summed E-state index contributed by atoms with van der Waals surface area (Å²) in [5.74, 6) is -1.29. The van der Waals surface area contributed by atoms with E-state index in [0.717, 1.165) is 0 Å². The van der Waals surface area contributed by atoms with E-state index in [4.69, 9.17) is 20.1 Å². The van der Waals surface area contributed by atoms with Gasteiger partial charge in [-0.25, -0.2) is 4.79 Å². The van der Waals surface area contributed by atoms with Crippen molar-refractivity contribution in [2.45, 2.75) is 54.1 Å². The minimum atomic E-state index is -0.660. The van der Waals surface area contributed by atoms with E-state index in [-0.39, 0.29) is 57.0 Å². The molecule has 0 aliphatic heterocycles. The second kappa shape index (κ2) is 25.1. The average molecular weight is 513 g/mol. The monoisotopic (exact) mass is 512 g/mol. The molecule has 206 valence electrons. The number of carbonyl (C=O) groups excluding carboxylic acids is 6. The fourth-order valence-electron chi connectivity index (χ4n) is 1.13. The molecule has 0 atom stereocenters. The first-order chi connectivity index (χ1) is 16.0. The van der Waals surface area contributed by atoms with Gasteiger partial charge in [0.15, 0.2) is 0 Å². The van der Waals surface area contributed by atoms with Crippen molar-refractivity contribution in [3.05, 3.63) is 0 Å². The molecule has 0 spiro atoms. The number of nitrogens with one attached hydrogen (secondary N) is 6. The SMILES string of the molecule is CC(=O)NCNC(=O)CNC(=O)OC(C)(C)C.CC(=O)NCO.CC(=O)NCO.CC(=O)NCO. The number of amides is 6. The molecule has 0 aromatic rings. The fourth-order valence-corrected chi connectivity index (χ4v) is 1.13. The van der Waals surface area contributed by atoms with Crippen molar-refractivity contribution in [2.75, 3.05) is 33.4 Å². The van der Waals surface area contributed by atoms with E-state index in [0.29, 0.717) is 0 Å². The van der Waals surface area contributed by atoms with Gasteiger partial charge in [0.25, 0.3) is 0 Å². The molecule has 0 unspecified atom stereocenters. The lowest BCUT2D eigenvalue weighted by Crippen LogP contribution is -2.43. The Kier molecular flexibility index (Phi) is 27.8. The molecule has 0 saturated carbocycles. The van der Waals surface area contributed by atoms with E-state index in [1.54, 1.807) is 20.8 Å². The Labute approximate surface area is 204 Å². The van der Waals surface area contributed by atoms with Crippen molar-refractivity contribution < 1.29 is 48.8 Å². The molecule has 16 nitrogen and oxygen atoms in total. The number of aliphatic hydroxyl groups excluding tert-OH is 3. The van der Waals surface area contributed by atoms with Crippen molar-refractivity contribution in [3.63, 3.8) is 0 Å². The van der Waals surface area contributed by atoms with E-state index in [1.165, 1.54) is 27.7 Å². The van der Waals surface area contributed by atoms with Crippen LogP contribution >= 0.6 is 0 Å². The van der Waals surface area contributed by atoms with Gasteiger partial charge in [0, 0.05) is 27.7 Å². The summed E-state index contributed by atoms with van der Waals surface area (Å²) in [6.45, 7) is 9.57. The van der Waals surface area contributed by atoms with Crippen LogP contribution in [0.2, 0.25) is 0 Å². The molecule has 0 aromatic carbocycles. The lowest BCUT2D eigenvalue weighted by Gasteiger charge is -2.19. The first-order valence-electron chi connectivity index (χ1n) is 10.1. The molecule has 0 rings (SSSR count). The zero-order valence-electron chi connectivity index (χ0n) is 21.2. The van der Waals surface area contributed by atoms with Gasteiger partial charge < -0.3 is 52.0 Å². The molecule has 0 aliphatic carbocycles. The van der Waals surface area contributed by atoms with Crippen molar-refractivity contribution in [1.29, 1.82) is 0 Å². The van der Waals surface area contributed by atoms with Crippen LogP contribution in [0.3, 0.4) is 0 Å². The summed E-state index contributed by atoms with van der Waals surface area (Å²) in [6.07, 6.45) is -0.660. The molecule has 0 aliphatic rings. The maximum Gasteiger partial charge on any atom is 0.408 e. The Morgan fingerprint density at radius 3 is 1.17 bits per heavy atom. The standard InChI is InChI=1S/C10H19N3O4.3C3H7NO2/c1-7(14)12-6-13-8(15)5-11-9(16)17-10(2,3)4;3*1-3(6)4-2-5/h5-6H2,1-4H3,(H,11,16)(H,12,14)(H,13,15);3*5H,2H2,1H3,(H,4,6). The van der Waals surface area contributed by atoms with E-state index < -0.39 is 17.6 Å². The summed E-state index contributed by atoms with van der Waals surface area (Å²) in [5, 5.41) is 37.2. The molecular formula is C19H40N6O10. The predicted molar refractivity (Wildman–Crippen MR) is 124 cm³/mol. The van der Waals surface area contributed by atoms with Gasteiger partial charge in [-0.2, -0.15) is 0 Å². The molecule has 0 heterocycles. The summed E-state index contributed by atoms with van der Waals surface area (Å²) < 4.78 is 4.93. The molecule has 0 fully saturated rings. The maximum atomic E-state index is 11.2. The van der Waals surface area contributed by atoms with Gasteiger partial charge in [-0.05, 0) is 20.8 Å². The second-order valence-corrected chi connectivity index (χ2v) is 7.04. The number of alkyl carbamates (subject to hydrolysis) is 1. The molecule has 0 radical (unpaired) electrons. The van der Waals surface area contributed by atoms with Crippen molar-refractivity contribution >= 4 is 35.6 Å². The number of aliphatic hydroxyl groups is 3. The first kappa shape index (κ1) is 38.7. The van der Waals surface area contributed by atoms with Crippen LogP contribution in [-0.4, -0.2) is 90.0 Å². The lowest BCUT2D eigenvalue weighted by atomic mass is 10.2. The third-order valence-electron chi connectivity index (χ3n) is 2.40. The highest BCUT2D eigenvalue weighted by atomic mass is 16.6. The fraction of sp³-hybridized carbons (Fsp3) is 0.684. The summed E-state index contributed by atoms with van der Waals surface area (Å²) in [4.78, 5) is 62.1. The van der Waals surface area contributed by atoms with Gasteiger partial charge in [-0.15, -0.1) is 0 Å². The van der Waals surface area contributed by atoms with Gasteiger partial charge >= 0.3 is 6.09 Å². The molecule has 35 heavy (non-hydrogen) atoms. The van der Waals surface area contributed by atoms with Gasteiger partial charge in [-0.1, -0.05) is 0 Å². The summed E-state index contributed by atoms with van der Waals surface area (Å²) in [5.41, 5.74) is -0.600. The molecule has 0 aromatic heterocycles. The van der Waals surface area contributed by atoms with Gasteiger partial charge in [0.05, 0.1) is 6.67 Å². The summed E-state index contributed by atoms with van der Waals surface area (Å²) in [7, 11) is 0. The molecule has 6 amide bonds. The number of hydrogen-bond donors (Lipinski definition) is 9. The highest BCUT2D eigenvalue weighted by Gasteiger charge is 2.16. The van der Waals surface area contributed by atoms with E-state index in [1.807, 2.05) is 0 Å². The molecular weight excluding hydrogens is 472 g/mol. The van der Waals surface area contributed by atoms with Crippen molar-refractivity contribution in [2.24, 2.45) is 0 Å². The van der Waals surface area contributed by atoms with Crippen LogP contribution in [0.1, 0.15) is 48.5 Å². The smallest absolute Gasteiger partial charge is 0.408 e.